The molecule has 1 amide bonds. The molecule has 5 heteroatoms. The molecule has 104 valence electrons. The summed E-state index contributed by atoms with van der Waals surface area (Å²) in [5, 5.41) is 8.92. The molecule has 0 heterocycles. The lowest BCUT2D eigenvalue weighted by molar-refractivity contribution is -0.141. The number of nitrogens with zero attached hydrogens (tertiary/aromatic N) is 1. The Hall–Kier alpha value is -1.26. The first-order chi connectivity index (χ1) is 8.19. The van der Waals surface area contributed by atoms with Crippen molar-refractivity contribution in [1.29, 1.82) is 0 Å². The highest BCUT2D eigenvalue weighted by atomic mass is 16.6. The van der Waals surface area contributed by atoms with Crippen LogP contribution < -0.4 is 0 Å². The summed E-state index contributed by atoms with van der Waals surface area (Å²) in [4.78, 5) is 24.1. The van der Waals surface area contributed by atoms with Gasteiger partial charge in [0, 0.05) is 13.6 Å². The Labute approximate surface area is 108 Å². The van der Waals surface area contributed by atoms with E-state index >= 15 is 0 Å². The highest BCUT2D eigenvalue weighted by Gasteiger charge is 2.31. The van der Waals surface area contributed by atoms with Crippen LogP contribution in [0.2, 0.25) is 0 Å². The third-order valence-corrected chi connectivity index (χ3v) is 3.13. The van der Waals surface area contributed by atoms with Gasteiger partial charge in [-0.2, -0.15) is 0 Å². The SMILES string of the molecule is CN(CC1CCC(C(=O)O)C1)C(=O)OC(C)(C)C. The molecule has 1 rings (SSSR count). The van der Waals surface area contributed by atoms with Gasteiger partial charge < -0.3 is 14.7 Å². The van der Waals surface area contributed by atoms with Crippen LogP contribution in [-0.4, -0.2) is 41.3 Å². The summed E-state index contributed by atoms with van der Waals surface area (Å²) in [5.74, 6) is -0.705. The quantitative estimate of drug-likeness (QED) is 0.842. The first kappa shape index (κ1) is 14.8. The Kier molecular flexibility index (Phi) is 4.59. The second kappa shape index (κ2) is 5.59. The molecule has 18 heavy (non-hydrogen) atoms. The van der Waals surface area contributed by atoms with Crippen LogP contribution in [0, 0.1) is 11.8 Å². The molecule has 1 aliphatic carbocycles. The van der Waals surface area contributed by atoms with Crippen molar-refractivity contribution in [2.45, 2.75) is 45.6 Å². The Morgan fingerprint density at radius 2 is 1.94 bits per heavy atom. The zero-order valence-electron chi connectivity index (χ0n) is 11.6. The first-order valence-electron chi connectivity index (χ1n) is 6.36. The number of carbonyl (C=O) groups is 2. The number of amides is 1. The lowest BCUT2D eigenvalue weighted by Gasteiger charge is -2.26. The molecule has 2 atom stereocenters. The van der Waals surface area contributed by atoms with E-state index in [1.54, 1.807) is 11.9 Å². The van der Waals surface area contributed by atoms with E-state index in [9.17, 15) is 9.59 Å². The second-order valence-electron chi connectivity index (χ2n) is 6.08. The minimum atomic E-state index is -0.725. The fourth-order valence-electron chi connectivity index (χ4n) is 2.27. The minimum absolute atomic E-state index is 0.248. The third-order valence-electron chi connectivity index (χ3n) is 3.13. The van der Waals surface area contributed by atoms with Crippen molar-refractivity contribution in [2.24, 2.45) is 11.8 Å². The molecule has 1 aliphatic rings. The van der Waals surface area contributed by atoms with Gasteiger partial charge in [-0.05, 0) is 46.0 Å². The highest BCUT2D eigenvalue weighted by molar-refractivity contribution is 5.70. The van der Waals surface area contributed by atoms with Gasteiger partial charge in [-0.25, -0.2) is 4.79 Å². The van der Waals surface area contributed by atoms with E-state index in [4.69, 9.17) is 9.84 Å². The van der Waals surface area contributed by atoms with Gasteiger partial charge in [-0.1, -0.05) is 0 Å². The summed E-state index contributed by atoms with van der Waals surface area (Å²) >= 11 is 0. The number of hydrogen-bond acceptors (Lipinski definition) is 3. The van der Waals surface area contributed by atoms with Crippen molar-refractivity contribution >= 4 is 12.1 Å². The average Bonchev–Trinajstić information content (AvgIpc) is 2.63. The predicted octanol–water partition coefficient (Wildman–Crippen LogP) is 2.35. The summed E-state index contributed by atoms with van der Waals surface area (Å²) in [6.45, 7) is 6.05. The van der Waals surface area contributed by atoms with Gasteiger partial charge in [0.15, 0.2) is 0 Å². The van der Waals surface area contributed by atoms with Crippen LogP contribution in [0.1, 0.15) is 40.0 Å². The molecule has 0 bridgehead atoms. The van der Waals surface area contributed by atoms with E-state index in [-0.39, 0.29) is 17.9 Å². The Balaban J connectivity index is 2.39. The number of carboxylic acids is 1. The molecule has 5 nitrogen and oxygen atoms in total. The van der Waals surface area contributed by atoms with Gasteiger partial charge in [0.05, 0.1) is 5.92 Å². The molecule has 2 unspecified atom stereocenters. The first-order valence-corrected chi connectivity index (χ1v) is 6.36. The zero-order chi connectivity index (χ0) is 13.9. The standard InChI is InChI=1S/C13H23NO4/c1-13(2,3)18-12(17)14(4)8-9-5-6-10(7-9)11(15)16/h9-10H,5-8H2,1-4H3,(H,15,16). The van der Waals surface area contributed by atoms with Crippen LogP contribution in [0.25, 0.3) is 0 Å². The molecule has 0 aromatic rings. The largest absolute Gasteiger partial charge is 0.481 e. The normalized spacial score (nSPS) is 23.8. The Morgan fingerprint density at radius 3 is 2.39 bits per heavy atom. The molecular formula is C13H23NO4. The van der Waals surface area contributed by atoms with Gasteiger partial charge in [0.25, 0.3) is 0 Å². The predicted molar refractivity (Wildman–Crippen MR) is 67.3 cm³/mol. The molecule has 0 radical (unpaired) electrons. The summed E-state index contributed by atoms with van der Waals surface area (Å²) < 4.78 is 5.25. The minimum Gasteiger partial charge on any atom is -0.481 e. The van der Waals surface area contributed by atoms with Crippen molar-refractivity contribution in [3.63, 3.8) is 0 Å². The van der Waals surface area contributed by atoms with Gasteiger partial charge in [0.2, 0.25) is 0 Å². The van der Waals surface area contributed by atoms with Crippen molar-refractivity contribution in [3.8, 4) is 0 Å². The van der Waals surface area contributed by atoms with E-state index in [1.807, 2.05) is 20.8 Å². The number of rotatable bonds is 3. The molecule has 1 fully saturated rings. The van der Waals surface area contributed by atoms with Gasteiger partial charge >= 0.3 is 12.1 Å². The smallest absolute Gasteiger partial charge is 0.410 e. The van der Waals surface area contributed by atoms with E-state index in [0.29, 0.717) is 19.4 Å². The molecular weight excluding hydrogens is 234 g/mol. The van der Waals surface area contributed by atoms with Crippen molar-refractivity contribution in [1.82, 2.24) is 4.90 Å². The maximum absolute atomic E-state index is 11.7. The lowest BCUT2D eigenvalue weighted by atomic mass is 10.1. The van der Waals surface area contributed by atoms with Gasteiger partial charge in [0.1, 0.15) is 5.60 Å². The summed E-state index contributed by atoms with van der Waals surface area (Å²) in [6, 6.07) is 0. The fraction of sp³-hybridized carbons (Fsp3) is 0.846. The summed E-state index contributed by atoms with van der Waals surface area (Å²) in [6.07, 6.45) is 1.88. The van der Waals surface area contributed by atoms with E-state index in [1.165, 1.54) is 0 Å². The number of hydrogen-bond donors (Lipinski definition) is 1. The molecule has 1 N–H and O–H groups in total. The summed E-state index contributed by atoms with van der Waals surface area (Å²) in [7, 11) is 1.70. The second-order valence-corrected chi connectivity index (χ2v) is 6.08. The average molecular weight is 257 g/mol. The van der Waals surface area contributed by atoms with Crippen LogP contribution in [0.15, 0.2) is 0 Å². The van der Waals surface area contributed by atoms with Crippen LogP contribution >= 0.6 is 0 Å². The lowest BCUT2D eigenvalue weighted by Crippen LogP contribution is -2.36. The van der Waals surface area contributed by atoms with Crippen molar-refractivity contribution in [2.75, 3.05) is 13.6 Å². The van der Waals surface area contributed by atoms with Crippen molar-refractivity contribution < 1.29 is 19.4 Å². The molecule has 0 spiro atoms. The molecule has 0 aliphatic heterocycles. The number of carbonyl (C=O) groups excluding carboxylic acids is 1. The van der Waals surface area contributed by atoms with Crippen LogP contribution in [0.4, 0.5) is 4.79 Å². The van der Waals surface area contributed by atoms with Crippen LogP contribution in [-0.2, 0) is 9.53 Å². The van der Waals surface area contributed by atoms with Crippen LogP contribution in [0.3, 0.4) is 0 Å². The number of ether oxygens (including phenoxy) is 1. The van der Waals surface area contributed by atoms with Crippen molar-refractivity contribution in [3.05, 3.63) is 0 Å². The Bertz CT molecular complexity index is 321. The maximum Gasteiger partial charge on any atom is 0.410 e. The van der Waals surface area contributed by atoms with Crippen LogP contribution in [0.5, 0.6) is 0 Å². The molecule has 0 aromatic heterocycles. The van der Waals surface area contributed by atoms with E-state index < -0.39 is 11.6 Å². The number of aliphatic carboxylic acids is 1. The zero-order valence-corrected chi connectivity index (χ0v) is 11.6. The maximum atomic E-state index is 11.7. The monoisotopic (exact) mass is 257 g/mol. The third kappa shape index (κ3) is 4.55. The van der Waals surface area contributed by atoms with Gasteiger partial charge in [-0.3, -0.25) is 4.79 Å². The fourth-order valence-corrected chi connectivity index (χ4v) is 2.27. The van der Waals surface area contributed by atoms with E-state index in [0.717, 1.165) is 6.42 Å². The van der Waals surface area contributed by atoms with Gasteiger partial charge in [-0.15, -0.1) is 0 Å². The summed E-state index contributed by atoms with van der Waals surface area (Å²) in [5.41, 5.74) is -0.495. The highest BCUT2D eigenvalue weighted by Crippen LogP contribution is 2.31. The Morgan fingerprint density at radius 1 is 1.33 bits per heavy atom. The number of carboxylic acid groups (broad SMARTS) is 1. The topological polar surface area (TPSA) is 66.8 Å². The van der Waals surface area contributed by atoms with E-state index in [2.05, 4.69) is 0 Å². The molecule has 0 aromatic carbocycles. The molecule has 1 saturated carbocycles. The molecule has 0 saturated heterocycles.